The number of aromatic nitrogens is 2. The number of piperazine rings is 1. The average molecular weight is 478 g/mol. The Bertz CT molecular complexity index is 1140. The van der Waals surface area contributed by atoms with E-state index in [1.165, 1.54) is 24.5 Å². The van der Waals surface area contributed by atoms with Crippen molar-refractivity contribution in [2.75, 3.05) is 43.4 Å². The average Bonchev–Trinajstić information content (AvgIpc) is 2.81. The van der Waals surface area contributed by atoms with Gasteiger partial charge in [0.25, 0.3) is 0 Å². The van der Waals surface area contributed by atoms with E-state index in [1.807, 2.05) is 9.80 Å². The second kappa shape index (κ2) is 9.51. The first kappa shape index (κ1) is 23.8. The van der Waals surface area contributed by atoms with Crippen molar-refractivity contribution in [2.45, 2.75) is 12.2 Å². The quantitative estimate of drug-likeness (QED) is 0.542. The van der Waals surface area contributed by atoms with Gasteiger partial charge in [0, 0.05) is 38.8 Å². The number of benzene rings is 2. The standard InChI is InChI=1S/C23H23F5N6/c24-16-4-1-14(2-5-16)20-21(30)31-13-32-22(20)34-9-7-33(8-10-34)19(12-29)15-3-6-18(25)17(11-15)23(26,27)28/h1-6,11,13,19H,7-10,12,29H2,(H2,30,31,32). The van der Waals surface area contributed by atoms with Gasteiger partial charge in [-0.1, -0.05) is 18.2 Å². The summed E-state index contributed by atoms with van der Waals surface area (Å²) in [6.45, 7) is 2.02. The maximum atomic E-state index is 13.7. The van der Waals surface area contributed by atoms with E-state index in [2.05, 4.69) is 9.97 Å². The zero-order valence-corrected chi connectivity index (χ0v) is 18.1. The summed E-state index contributed by atoms with van der Waals surface area (Å²) in [5.41, 5.74) is 12.3. The van der Waals surface area contributed by atoms with Crippen molar-refractivity contribution >= 4 is 11.6 Å². The summed E-state index contributed by atoms with van der Waals surface area (Å²) in [7, 11) is 0. The highest BCUT2D eigenvalue weighted by atomic mass is 19.4. The summed E-state index contributed by atoms with van der Waals surface area (Å²) in [5.74, 6) is -0.850. The summed E-state index contributed by atoms with van der Waals surface area (Å²) in [6.07, 6.45) is -3.44. The minimum absolute atomic E-state index is 0.0736. The van der Waals surface area contributed by atoms with Gasteiger partial charge in [-0.3, -0.25) is 4.90 Å². The number of alkyl halides is 3. The number of rotatable bonds is 5. The number of anilines is 2. The van der Waals surface area contributed by atoms with E-state index < -0.39 is 23.6 Å². The van der Waals surface area contributed by atoms with Crippen molar-refractivity contribution in [3.63, 3.8) is 0 Å². The minimum Gasteiger partial charge on any atom is -0.383 e. The number of halogens is 5. The molecule has 1 aliphatic rings. The fourth-order valence-electron chi connectivity index (χ4n) is 4.23. The topological polar surface area (TPSA) is 84.3 Å². The first-order chi connectivity index (χ1) is 16.2. The second-order valence-corrected chi connectivity index (χ2v) is 7.98. The Morgan fingerprint density at radius 3 is 2.24 bits per heavy atom. The number of nitrogen functional groups attached to an aromatic ring is 1. The molecule has 6 nitrogen and oxygen atoms in total. The predicted molar refractivity (Wildman–Crippen MR) is 119 cm³/mol. The van der Waals surface area contributed by atoms with Gasteiger partial charge in [0.15, 0.2) is 0 Å². The smallest absolute Gasteiger partial charge is 0.383 e. The number of hydrogen-bond donors (Lipinski definition) is 2. The molecular formula is C23H23F5N6. The second-order valence-electron chi connectivity index (χ2n) is 7.98. The first-order valence-corrected chi connectivity index (χ1v) is 10.6. The molecule has 0 radical (unpaired) electrons. The molecule has 1 atom stereocenters. The van der Waals surface area contributed by atoms with E-state index in [0.717, 1.165) is 12.1 Å². The number of nitrogens with two attached hydrogens (primary N) is 2. The van der Waals surface area contributed by atoms with Crippen molar-refractivity contribution in [2.24, 2.45) is 5.73 Å². The molecule has 2 heterocycles. The third kappa shape index (κ3) is 4.80. The fourth-order valence-corrected chi connectivity index (χ4v) is 4.23. The highest BCUT2D eigenvalue weighted by molar-refractivity contribution is 5.84. The fraction of sp³-hybridized carbons (Fsp3) is 0.304. The summed E-state index contributed by atoms with van der Waals surface area (Å²) in [6, 6.07) is 8.35. The molecule has 4 rings (SSSR count). The third-order valence-corrected chi connectivity index (χ3v) is 5.95. The van der Waals surface area contributed by atoms with Crippen molar-refractivity contribution in [3.8, 4) is 11.1 Å². The zero-order chi connectivity index (χ0) is 24.5. The molecule has 3 aromatic rings. The van der Waals surface area contributed by atoms with Gasteiger partial charge in [0.05, 0.1) is 11.1 Å². The molecular weight excluding hydrogens is 455 g/mol. The van der Waals surface area contributed by atoms with Crippen LogP contribution >= 0.6 is 0 Å². The van der Waals surface area contributed by atoms with Crippen LogP contribution in [-0.2, 0) is 6.18 Å². The van der Waals surface area contributed by atoms with E-state index in [0.29, 0.717) is 48.7 Å². The number of nitrogens with zero attached hydrogens (tertiary/aromatic N) is 4. The van der Waals surface area contributed by atoms with Gasteiger partial charge >= 0.3 is 6.18 Å². The van der Waals surface area contributed by atoms with Crippen LogP contribution in [0.5, 0.6) is 0 Å². The molecule has 4 N–H and O–H groups in total. The van der Waals surface area contributed by atoms with Crippen LogP contribution in [0.25, 0.3) is 11.1 Å². The van der Waals surface area contributed by atoms with E-state index >= 15 is 0 Å². The molecule has 1 aliphatic heterocycles. The molecule has 0 aliphatic carbocycles. The lowest BCUT2D eigenvalue weighted by atomic mass is 10.0. The maximum absolute atomic E-state index is 13.7. The third-order valence-electron chi connectivity index (χ3n) is 5.95. The molecule has 0 bridgehead atoms. The van der Waals surface area contributed by atoms with Crippen LogP contribution < -0.4 is 16.4 Å². The van der Waals surface area contributed by atoms with Crippen LogP contribution in [0.1, 0.15) is 17.2 Å². The van der Waals surface area contributed by atoms with Crippen LogP contribution in [0.15, 0.2) is 48.8 Å². The summed E-state index contributed by atoms with van der Waals surface area (Å²) in [4.78, 5) is 12.4. The van der Waals surface area contributed by atoms with Gasteiger partial charge in [0.2, 0.25) is 0 Å². The number of hydrogen-bond acceptors (Lipinski definition) is 6. The minimum atomic E-state index is -4.79. The van der Waals surface area contributed by atoms with Gasteiger partial charge in [-0.05, 0) is 35.4 Å². The molecule has 11 heteroatoms. The van der Waals surface area contributed by atoms with Crippen LogP contribution in [0, 0.1) is 11.6 Å². The molecule has 34 heavy (non-hydrogen) atoms. The monoisotopic (exact) mass is 478 g/mol. The van der Waals surface area contributed by atoms with Crippen LogP contribution in [0.2, 0.25) is 0 Å². The van der Waals surface area contributed by atoms with Gasteiger partial charge < -0.3 is 16.4 Å². The highest BCUT2D eigenvalue weighted by Crippen LogP contribution is 2.36. The zero-order valence-electron chi connectivity index (χ0n) is 18.1. The van der Waals surface area contributed by atoms with Crippen molar-refractivity contribution < 1.29 is 22.0 Å². The Balaban J connectivity index is 1.55. The molecule has 1 aromatic heterocycles. The van der Waals surface area contributed by atoms with Gasteiger partial charge in [-0.15, -0.1) is 0 Å². The lowest BCUT2D eigenvalue weighted by Crippen LogP contribution is -2.49. The van der Waals surface area contributed by atoms with Crippen LogP contribution in [-0.4, -0.2) is 47.6 Å². The predicted octanol–water partition coefficient (Wildman–Crippen LogP) is 3.84. The summed E-state index contributed by atoms with van der Waals surface area (Å²) in [5, 5.41) is 0. The molecule has 1 saturated heterocycles. The molecule has 180 valence electrons. The first-order valence-electron chi connectivity index (χ1n) is 10.6. The van der Waals surface area contributed by atoms with Crippen molar-refractivity contribution in [1.82, 2.24) is 14.9 Å². The van der Waals surface area contributed by atoms with Crippen LogP contribution in [0.3, 0.4) is 0 Å². The van der Waals surface area contributed by atoms with E-state index in [9.17, 15) is 22.0 Å². The largest absolute Gasteiger partial charge is 0.419 e. The molecule has 0 saturated carbocycles. The summed E-state index contributed by atoms with van der Waals surface area (Å²) < 4.78 is 66.6. The Morgan fingerprint density at radius 2 is 1.62 bits per heavy atom. The maximum Gasteiger partial charge on any atom is 0.419 e. The summed E-state index contributed by atoms with van der Waals surface area (Å²) >= 11 is 0. The molecule has 1 fully saturated rings. The lowest BCUT2D eigenvalue weighted by Gasteiger charge is -2.40. The molecule has 2 aromatic carbocycles. The molecule has 0 amide bonds. The normalized spacial score (nSPS) is 16.0. The van der Waals surface area contributed by atoms with E-state index in [1.54, 1.807) is 12.1 Å². The Hall–Kier alpha value is -3.31. The van der Waals surface area contributed by atoms with E-state index in [4.69, 9.17) is 11.5 Å². The Morgan fingerprint density at radius 1 is 0.941 bits per heavy atom. The van der Waals surface area contributed by atoms with E-state index in [-0.39, 0.29) is 18.2 Å². The Kier molecular flexibility index (Phi) is 6.67. The van der Waals surface area contributed by atoms with Crippen molar-refractivity contribution in [3.05, 3.63) is 71.6 Å². The van der Waals surface area contributed by atoms with Crippen LogP contribution in [0.4, 0.5) is 33.6 Å². The Labute approximate surface area is 193 Å². The van der Waals surface area contributed by atoms with Gasteiger partial charge in [-0.25, -0.2) is 18.7 Å². The molecule has 1 unspecified atom stereocenters. The van der Waals surface area contributed by atoms with Gasteiger partial charge in [0.1, 0.15) is 29.6 Å². The lowest BCUT2D eigenvalue weighted by molar-refractivity contribution is -0.140. The SMILES string of the molecule is NCC(c1ccc(F)c(C(F)(F)F)c1)N1CCN(c2ncnc(N)c2-c2ccc(F)cc2)CC1. The highest BCUT2D eigenvalue weighted by Gasteiger charge is 2.35. The van der Waals surface area contributed by atoms with Gasteiger partial charge in [-0.2, -0.15) is 13.2 Å². The molecule has 0 spiro atoms. The van der Waals surface area contributed by atoms with Crippen molar-refractivity contribution in [1.29, 1.82) is 0 Å².